The van der Waals surface area contributed by atoms with E-state index in [1.165, 1.54) is 0 Å². The Morgan fingerprint density at radius 3 is 2.17 bits per heavy atom. The van der Waals surface area contributed by atoms with Gasteiger partial charge in [0.1, 0.15) is 12.1 Å². The van der Waals surface area contributed by atoms with Gasteiger partial charge in [0.25, 0.3) is 0 Å². The maximum Gasteiger partial charge on any atom is 0.150 e. The molecular formula is C20H18N4. The first-order valence-corrected chi connectivity index (χ1v) is 7.90. The van der Waals surface area contributed by atoms with Crippen LogP contribution in [0.3, 0.4) is 0 Å². The summed E-state index contributed by atoms with van der Waals surface area (Å²) in [5, 5.41) is 1.07. The average molecular weight is 314 g/mol. The van der Waals surface area contributed by atoms with E-state index in [-0.39, 0.29) is 0 Å². The second-order valence-electron chi connectivity index (χ2n) is 5.90. The third kappa shape index (κ3) is 2.33. The molecule has 4 aromatic rings. The van der Waals surface area contributed by atoms with Crippen LogP contribution in [0.2, 0.25) is 0 Å². The van der Waals surface area contributed by atoms with E-state index in [0.29, 0.717) is 0 Å². The fourth-order valence-electron chi connectivity index (χ4n) is 3.01. The summed E-state index contributed by atoms with van der Waals surface area (Å²) in [4.78, 5) is 11.1. The molecule has 0 aliphatic heterocycles. The van der Waals surface area contributed by atoms with Crippen molar-refractivity contribution < 1.29 is 0 Å². The summed E-state index contributed by atoms with van der Waals surface area (Å²) >= 11 is 0. The molecule has 2 aromatic heterocycles. The minimum atomic E-state index is 0.916. The van der Waals surface area contributed by atoms with Gasteiger partial charge in [-0.3, -0.25) is 0 Å². The van der Waals surface area contributed by atoms with Crippen LogP contribution in [0.15, 0.2) is 73.2 Å². The molecule has 0 amide bonds. The first-order chi connectivity index (χ1) is 11.8. The molecule has 4 rings (SSSR count). The van der Waals surface area contributed by atoms with E-state index in [2.05, 4.69) is 57.1 Å². The van der Waals surface area contributed by atoms with Gasteiger partial charge in [-0.25, -0.2) is 9.97 Å². The van der Waals surface area contributed by atoms with Crippen LogP contribution < -0.4 is 4.90 Å². The lowest BCUT2D eigenvalue weighted by molar-refractivity contribution is 1.04. The van der Waals surface area contributed by atoms with E-state index in [1.54, 1.807) is 6.33 Å². The van der Waals surface area contributed by atoms with E-state index < -0.39 is 0 Å². The van der Waals surface area contributed by atoms with Crippen LogP contribution in [-0.2, 0) is 0 Å². The molecule has 0 radical (unpaired) electrons. The van der Waals surface area contributed by atoms with E-state index >= 15 is 0 Å². The van der Waals surface area contributed by atoms with Crippen LogP contribution in [0.4, 0.5) is 5.82 Å². The van der Waals surface area contributed by atoms with Gasteiger partial charge in [-0.05, 0) is 17.7 Å². The van der Waals surface area contributed by atoms with E-state index in [1.807, 2.05) is 43.3 Å². The molecule has 0 aliphatic carbocycles. The lowest BCUT2D eigenvalue weighted by Gasteiger charge is -2.13. The summed E-state index contributed by atoms with van der Waals surface area (Å²) in [5.41, 5.74) is 4.31. The van der Waals surface area contributed by atoms with E-state index in [0.717, 1.165) is 33.7 Å². The van der Waals surface area contributed by atoms with Crippen LogP contribution in [0.1, 0.15) is 0 Å². The number of fused-ring (bicyclic) bond motifs is 1. The number of rotatable bonds is 3. The first kappa shape index (κ1) is 14.5. The summed E-state index contributed by atoms with van der Waals surface area (Å²) in [7, 11) is 4.02. The SMILES string of the molecule is CN(C)c1ncnc2c1c(-c1ccccc1)cn2-c1ccccc1. The average Bonchev–Trinajstić information content (AvgIpc) is 3.03. The quantitative estimate of drug-likeness (QED) is 0.569. The fourth-order valence-corrected chi connectivity index (χ4v) is 3.01. The zero-order valence-electron chi connectivity index (χ0n) is 13.7. The molecule has 4 nitrogen and oxygen atoms in total. The number of hydrogen-bond acceptors (Lipinski definition) is 3. The van der Waals surface area contributed by atoms with Crippen molar-refractivity contribution in [3.05, 3.63) is 73.2 Å². The van der Waals surface area contributed by atoms with Crippen molar-refractivity contribution in [2.75, 3.05) is 19.0 Å². The number of aromatic nitrogens is 3. The molecule has 2 heterocycles. The number of nitrogens with zero attached hydrogens (tertiary/aromatic N) is 4. The topological polar surface area (TPSA) is 34.0 Å². The van der Waals surface area contributed by atoms with Gasteiger partial charge in [0, 0.05) is 31.5 Å². The van der Waals surface area contributed by atoms with Crippen LogP contribution in [0, 0.1) is 0 Å². The van der Waals surface area contributed by atoms with Gasteiger partial charge in [-0.15, -0.1) is 0 Å². The lowest BCUT2D eigenvalue weighted by Crippen LogP contribution is -2.11. The Kier molecular flexibility index (Phi) is 3.50. The van der Waals surface area contributed by atoms with Gasteiger partial charge in [0.15, 0.2) is 5.65 Å². The van der Waals surface area contributed by atoms with Crippen molar-refractivity contribution in [3.8, 4) is 16.8 Å². The minimum absolute atomic E-state index is 0.916. The van der Waals surface area contributed by atoms with Crippen LogP contribution in [0.5, 0.6) is 0 Å². The summed E-state index contributed by atoms with van der Waals surface area (Å²) in [6, 6.07) is 20.7. The molecular weight excluding hydrogens is 296 g/mol. The molecule has 0 aliphatic rings. The van der Waals surface area contributed by atoms with Crippen molar-refractivity contribution in [2.45, 2.75) is 0 Å². The summed E-state index contributed by atoms with van der Waals surface area (Å²) in [5.74, 6) is 0.925. The number of anilines is 1. The molecule has 0 bridgehead atoms. The largest absolute Gasteiger partial charge is 0.362 e. The van der Waals surface area contributed by atoms with Gasteiger partial charge in [-0.2, -0.15) is 0 Å². The maximum atomic E-state index is 4.57. The van der Waals surface area contributed by atoms with Gasteiger partial charge in [0.2, 0.25) is 0 Å². The third-order valence-electron chi connectivity index (χ3n) is 4.11. The monoisotopic (exact) mass is 314 g/mol. The molecule has 24 heavy (non-hydrogen) atoms. The Morgan fingerprint density at radius 2 is 1.50 bits per heavy atom. The Morgan fingerprint density at radius 1 is 0.833 bits per heavy atom. The van der Waals surface area contributed by atoms with E-state index in [4.69, 9.17) is 0 Å². The minimum Gasteiger partial charge on any atom is -0.362 e. The molecule has 0 atom stereocenters. The molecule has 2 aromatic carbocycles. The smallest absolute Gasteiger partial charge is 0.150 e. The van der Waals surface area contributed by atoms with E-state index in [9.17, 15) is 0 Å². The highest BCUT2D eigenvalue weighted by Crippen LogP contribution is 2.35. The van der Waals surface area contributed by atoms with Crippen molar-refractivity contribution in [3.63, 3.8) is 0 Å². The van der Waals surface area contributed by atoms with Crippen molar-refractivity contribution in [2.24, 2.45) is 0 Å². The molecule has 4 heteroatoms. The Labute approximate surface area is 141 Å². The summed E-state index contributed by atoms with van der Waals surface area (Å²) < 4.78 is 2.13. The zero-order valence-corrected chi connectivity index (χ0v) is 13.7. The third-order valence-corrected chi connectivity index (χ3v) is 4.11. The molecule has 0 spiro atoms. The summed E-state index contributed by atoms with van der Waals surface area (Å²) in [6.45, 7) is 0. The normalized spacial score (nSPS) is 10.9. The molecule has 0 saturated carbocycles. The van der Waals surface area contributed by atoms with Crippen molar-refractivity contribution >= 4 is 16.9 Å². The van der Waals surface area contributed by atoms with Gasteiger partial charge in [0.05, 0.1) is 5.39 Å². The Bertz CT molecular complexity index is 973. The Hall–Kier alpha value is -3.14. The van der Waals surface area contributed by atoms with Crippen LogP contribution in [-0.4, -0.2) is 28.6 Å². The zero-order chi connectivity index (χ0) is 16.5. The molecule has 0 saturated heterocycles. The van der Waals surface area contributed by atoms with Crippen molar-refractivity contribution in [1.29, 1.82) is 0 Å². The van der Waals surface area contributed by atoms with Gasteiger partial charge >= 0.3 is 0 Å². The standard InChI is InChI=1S/C20H18N4/c1-23(2)19-18-17(15-9-5-3-6-10-15)13-24(20(18)22-14-21-19)16-11-7-4-8-12-16/h3-14H,1-2H3. The van der Waals surface area contributed by atoms with Gasteiger partial charge < -0.3 is 9.47 Å². The van der Waals surface area contributed by atoms with Crippen molar-refractivity contribution in [1.82, 2.24) is 14.5 Å². The fraction of sp³-hybridized carbons (Fsp3) is 0.100. The van der Waals surface area contributed by atoms with Crippen LogP contribution >= 0.6 is 0 Å². The number of para-hydroxylation sites is 1. The lowest BCUT2D eigenvalue weighted by atomic mass is 10.1. The predicted molar refractivity (Wildman–Crippen MR) is 98.6 cm³/mol. The molecule has 0 fully saturated rings. The highest BCUT2D eigenvalue weighted by molar-refractivity contribution is 6.02. The van der Waals surface area contributed by atoms with Crippen LogP contribution in [0.25, 0.3) is 27.8 Å². The van der Waals surface area contributed by atoms with Gasteiger partial charge in [-0.1, -0.05) is 48.5 Å². The Balaban J connectivity index is 2.08. The first-order valence-electron chi connectivity index (χ1n) is 7.90. The predicted octanol–water partition coefficient (Wildman–Crippen LogP) is 4.15. The summed E-state index contributed by atoms with van der Waals surface area (Å²) in [6.07, 6.45) is 3.78. The molecule has 118 valence electrons. The highest BCUT2D eigenvalue weighted by Gasteiger charge is 2.17. The molecule has 0 unspecified atom stereocenters. The number of benzene rings is 2. The highest BCUT2D eigenvalue weighted by atomic mass is 15.2. The number of hydrogen-bond donors (Lipinski definition) is 0. The maximum absolute atomic E-state index is 4.57. The second kappa shape index (κ2) is 5.81. The molecule has 0 N–H and O–H groups in total. The second-order valence-corrected chi connectivity index (χ2v) is 5.90.